The first-order valence-corrected chi connectivity index (χ1v) is 5.03. The van der Waals surface area contributed by atoms with Gasteiger partial charge in [-0.25, -0.2) is 0 Å². The van der Waals surface area contributed by atoms with E-state index in [1.54, 1.807) is 0 Å². The molecule has 1 saturated heterocycles. The van der Waals surface area contributed by atoms with Crippen LogP contribution in [0.25, 0.3) is 0 Å². The van der Waals surface area contributed by atoms with Gasteiger partial charge in [-0.05, 0) is 25.2 Å². The first kappa shape index (κ1) is 10.0. The van der Waals surface area contributed by atoms with E-state index in [4.69, 9.17) is 4.74 Å². The van der Waals surface area contributed by atoms with Crippen LogP contribution < -0.4 is 0 Å². The minimum atomic E-state index is -0.234. The highest BCUT2D eigenvalue weighted by Crippen LogP contribution is 2.21. The van der Waals surface area contributed by atoms with E-state index in [0.29, 0.717) is 5.92 Å². The van der Waals surface area contributed by atoms with Crippen molar-refractivity contribution in [3.8, 4) is 0 Å². The molecular formula is C10H20O2. The highest BCUT2D eigenvalue weighted by Gasteiger charge is 2.24. The predicted octanol–water partition coefficient (Wildman–Crippen LogP) is 1.96. The van der Waals surface area contributed by atoms with Gasteiger partial charge in [0.25, 0.3) is 0 Å². The van der Waals surface area contributed by atoms with E-state index in [0.717, 1.165) is 32.3 Å². The lowest BCUT2D eigenvalue weighted by Crippen LogP contribution is -2.26. The molecule has 1 N–H and O–H groups in total. The van der Waals surface area contributed by atoms with E-state index >= 15 is 0 Å². The third kappa shape index (κ3) is 2.76. The van der Waals surface area contributed by atoms with Crippen molar-refractivity contribution in [2.45, 2.75) is 51.7 Å². The molecule has 2 nitrogen and oxygen atoms in total. The lowest BCUT2D eigenvalue weighted by Gasteiger charge is -2.20. The molecule has 72 valence electrons. The van der Waals surface area contributed by atoms with Gasteiger partial charge >= 0.3 is 0 Å². The Morgan fingerprint density at radius 1 is 1.58 bits per heavy atom. The van der Waals surface area contributed by atoms with E-state index in [1.165, 1.54) is 0 Å². The SMILES string of the molecule is CCC(C)CC(O)C1CCCO1. The summed E-state index contributed by atoms with van der Waals surface area (Å²) < 4.78 is 5.41. The van der Waals surface area contributed by atoms with Gasteiger partial charge in [-0.3, -0.25) is 0 Å². The lowest BCUT2D eigenvalue weighted by molar-refractivity contribution is -0.0121. The van der Waals surface area contributed by atoms with Crippen LogP contribution in [0.4, 0.5) is 0 Å². The van der Waals surface area contributed by atoms with Crippen LogP contribution in [0, 0.1) is 5.92 Å². The Hall–Kier alpha value is -0.0800. The smallest absolute Gasteiger partial charge is 0.0834 e. The number of aliphatic hydroxyl groups excluding tert-OH is 1. The van der Waals surface area contributed by atoms with E-state index in [9.17, 15) is 5.11 Å². The van der Waals surface area contributed by atoms with E-state index in [2.05, 4.69) is 13.8 Å². The number of rotatable bonds is 4. The van der Waals surface area contributed by atoms with Gasteiger partial charge in [-0.15, -0.1) is 0 Å². The van der Waals surface area contributed by atoms with E-state index in [1.807, 2.05) is 0 Å². The summed E-state index contributed by atoms with van der Waals surface area (Å²) in [7, 11) is 0. The zero-order chi connectivity index (χ0) is 8.97. The van der Waals surface area contributed by atoms with Crippen LogP contribution in [0.1, 0.15) is 39.5 Å². The van der Waals surface area contributed by atoms with Crippen LogP contribution in [-0.2, 0) is 4.74 Å². The minimum Gasteiger partial charge on any atom is -0.390 e. The minimum absolute atomic E-state index is 0.124. The Labute approximate surface area is 74.9 Å². The summed E-state index contributed by atoms with van der Waals surface area (Å²) >= 11 is 0. The second-order valence-electron chi connectivity index (χ2n) is 3.87. The van der Waals surface area contributed by atoms with Crippen molar-refractivity contribution in [2.75, 3.05) is 6.61 Å². The highest BCUT2D eigenvalue weighted by molar-refractivity contribution is 4.74. The van der Waals surface area contributed by atoms with Crippen molar-refractivity contribution >= 4 is 0 Å². The number of ether oxygens (including phenoxy) is 1. The summed E-state index contributed by atoms with van der Waals surface area (Å²) in [6.07, 6.45) is 4.08. The van der Waals surface area contributed by atoms with Crippen molar-refractivity contribution in [1.29, 1.82) is 0 Å². The van der Waals surface area contributed by atoms with Gasteiger partial charge in [0.15, 0.2) is 0 Å². The standard InChI is InChI=1S/C10H20O2/c1-3-8(2)7-9(11)10-5-4-6-12-10/h8-11H,3-7H2,1-2H3. The molecule has 3 atom stereocenters. The fraction of sp³-hybridized carbons (Fsp3) is 1.00. The fourth-order valence-electron chi connectivity index (χ4n) is 1.64. The molecule has 12 heavy (non-hydrogen) atoms. The van der Waals surface area contributed by atoms with Crippen LogP contribution in [0.5, 0.6) is 0 Å². The first-order chi connectivity index (χ1) is 5.74. The van der Waals surface area contributed by atoms with Gasteiger partial charge in [-0.1, -0.05) is 20.3 Å². The maximum absolute atomic E-state index is 9.73. The lowest BCUT2D eigenvalue weighted by atomic mass is 9.97. The maximum Gasteiger partial charge on any atom is 0.0834 e. The molecule has 0 aromatic heterocycles. The zero-order valence-electron chi connectivity index (χ0n) is 8.12. The molecule has 1 heterocycles. The molecule has 0 aromatic rings. The molecule has 0 spiro atoms. The summed E-state index contributed by atoms with van der Waals surface area (Å²) in [6.45, 7) is 5.17. The third-order valence-corrected chi connectivity index (χ3v) is 2.73. The first-order valence-electron chi connectivity index (χ1n) is 5.03. The normalized spacial score (nSPS) is 28.8. The highest BCUT2D eigenvalue weighted by atomic mass is 16.5. The van der Waals surface area contributed by atoms with Gasteiger partial charge in [0.05, 0.1) is 12.2 Å². The largest absolute Gasteiger partial charge is 0.390 e. The number of hydrogen-bond acceptors (Lipinski definition) is 2. The van der Waals surface area contributed by atoms with Crippen molar-refractivity contribution in [1.82, 2.24) is 0 Å². The Balaban J connectivity index is 2.21. The van der Waals surface area contributed by atoms with Gasteiger partial charge in [0, 0.05) is 6.61 Å². The molecule has 1 aliphatic rings. The van der Waals surface area contributed by atoms with Gasteiger partial charge in [0.2, 0.25) is 0 Å². The van der Waals surface area contributed by atoms with E-state index < -0.39 is 0 Å². The van der Waals surface area contributed by atoms with Crippen molar-refractivity contribution in [2.24, 2.45) is 5.92 Å². The molecule has 2 heteroatoms. The van der Waals surface area contributed by atoms with Gasteiger partial charge in [-0.2, -0.15) is 0 Å². The van der Waals surface area contributed by atoms with Crippen molar-refractivity contribution in [3.63, 3.8) is 0 Å². The van der Waals surface area contributed by atoms with Crippen molar-refractivity contribution in [3.05, 3.63) is 0 Å². The Bertz CT molecular complexity index is 119. The summed E-state index contributed by atoms with van der Waals surface area (Å²) in [5, 5.41) is 9.73. The summed E-state index contributed by atoms with van der Waals surface area (Å²) in [6, 6.07) is 0. The summed E-state index contributed by atoms with van der Waals surface area (Å²) in [5.74, 6) is 0.615. The molecule has 0 aliphatic carbocycles. The van der Waals surface area contributed by atoms with Gasteiger partial charge in [0.1, 0.15) is 0 Å². The van der Waals surface area contributed by atoms with Crippen LogP contribution in [0.3, 0.4) is 0 Å². The molecule has 1 fully saturated rings. The molecule has 0 aromatic carbocycles. The molecule has 3 unspecified atom stereocenters. The van der Waals surface area contributed by atoms with Crippen LogP contribution in [-0.4, -0.2) is 23.9 Å². The quantitative estimate of drug-likeness (QED) is 0.702. The molecule has 0 saturated carbocycles. The molecular weight excluding hydrogens is 152 g/mol. The second-order valence-corrected chi connectivity index (χ2v) is 3.87. The molecule has 0 radical (unpaired) electrons. The second kappa shape index (κ2) is 4.83. The van der Waals surface area contributed by atoms with Crippen molar-refractivity contribution < 1.29 is 9.84 Å². The summed E-state index contributed by atoms with van der Waals surface area (Å²) in [5.41, 5.74) is 0. The van der Waals surface area contributed by atoms with Gasteiger partial charge < -0.3 is 9.84 Å². The maximum atomic E-state index is 9.73. The zero-order valence-corrected chi connectivity index (χ0v) is 8.12. The molecule has 1 rings (SSSR count). The monoisotopic (exact) mass is 172 g/mol. The fourth-order valence-corrected chi connectivity index (χ4v) is 1.64. The third-order valence-electron chi connectivity index (χ3n) is 2.73. The number of aliphatic hydroxyl groups is 1. The predicted molar refractivity (Wildman–Crippen MR) is 49.1 cm³/mol. The average molecular weight is 172 g/mol. The van der Waals surface area contributed by atoms with Crippen LogP contribution in [0.2, 0.25) is 0 Å². The summed E-state index contributed by atoms with van der Waals surface area (Å²) in [4.78, 5) is 0. The Morgan fingerprint density at radius 2 is 2.33 bits per heavy atom. The van der Waals surface area contributed by atoms with Crippen LogP contribution in [0.15, 0.2) is 0 Å². The van der Waals surface area contributed by atoms with Crippen LogP contribution >= 0.6 is 0 Å². The topological polar surface area (TPSA) is 29.5 Å². The van der Waals surface area contributed by atoms with E-state index in [-0.39, 0.29) is 12.2 Å². The Morgan fingerprint density at radius 3 is 2.83 bits per heavy atom. The molecule has 0 amide bonds. The number of hydrogen-bond donors (Lipinski definition) is 1. The average Bonchev–Trinajstić information content (AvgIpc) is 2.56. The Kier molecular flexibility index (Phi) is 4.02. The molecule has 1 aliphatic heterocycles. The molecule has 0 bridgehead atoms.